The Morgan fingerprint density at radius 1 is 1.35 bits per heavy atom. The number of aromatic carboxylic acids is 1. The average Bonchev–Trinajstić information content (AvgIpc) is 2.45. The van der Waals surface area contributed by atoms with Crippen molar-refractivity contribution in [1.29, 1.82) is 0 Å². The first-order valence-electron chi connectivity index (χ1n) is 6.15. The summed E-state index contributed by atoms with van der Waals surface area (Å²) in [5.41, 5.74) is 4.85. The molecule has 0 radical (unpaired) electrons. The van der Waals surface area contributed by atoms with Crippen LogP contribution in [0, 0.1) is 10.1 Å². The minimum Gasteiger partial charge on any atom is -0.478 e. The van der Waals surface area contributed by atoms with Gasteiger partial charge in [-0.05, 0) is 31.0 Å². The molecule has 11 heteroatoms. The lowest BCUT2D eigenvalue weighted by atomic mass is 10.2. The molecule has 1 rings (SSSR count). The summed E-state index contributed by atoms with van der Waals surface area (Å²) in [5.74, 6) is -0.975. The Labute approximate surface area is 141 Å². The molecule has 1 amide bonds. The molecule has 0 aliphatic carbocycles. The quantitative estimate of drug-likeness (QED) is 0.291. The van der Waals surface area contributed by atoms with Crippen molar-refractivity contribution in [3.05, 3.63) is 38.9 Å². The maximum Gasteiger partial charge on any atom is 0.404 e. The number of ether oxygens (including phenoxy) is 1. The molecule has 1 aromatic carbocycles. The van der Waals surface area contributed by atoms with Crippen LogP contribution in [0.4, 0.5) is 4.79 Å². The third-order valence-corrected chi connectivity index (χ3v) is 3.00. The highest BCUT2D eigenvalue weighted by atomic mass is 35.5. The van der Waals surface area contributed by atoms with E-state index in [0.29, 0.717) is 22.8 Å². The number of carboxylic acid groups (broad SMARTS) is 1. The van der Waals surface area contributed by atoms with Crippen molar-refractivity contribution in [1.82, 2.24) is 0 Å². The average molecular weight is 367 g/mol. The van der Waals surface area contributed by atoms with Crippen LogP contribution in [0.25, 0.3) is 0 Å². The van der Waals surface area contributed by atoms with Gasteiger partial charge in [0, 0.05) is 4.90 Å². The summed E-state index contributed by atoms with van der Waals surface area (Å²) in [6.45, 7) is 0.172. The monoisotopic (exact) mass is 366 g/mol. The van der Waals surface area contributed by atoms with Crippen LogP contribution in [-0.2, 0) is 9.57 Å². The number of thiol groups is 1. The van der Waals surface area contributed by atoms with Gasteiger partial charge in [-0.2, -0.15) is 0 Å². The smallest absolute Gasteiger partial charge is 0.404 e. The van der Waals surface area contributed by atoms with Crippen LogP contribution in [0.2, 0.25) is 5.02 Å². The summed E-state index contributed by atoms with van der Waals surface area (Å²) >= 11 is 9.58. The first kappa shape index (κ1) is 20.8. The van der Waals surface area contributed by atoms with E-state index >= 15 is 0 Å². The molecule has 0 unspecified atom stereocenters. The summed E-state index contributed by atoms with van der Waals surface area (Å²) in [7, 11) is 0. The fraction of sp³-hybridized carbons (Fsp3) is 0.333. The van der Waals surface area contributed by atoms with E-state index in [1.165, 1.54) is 18.2 Å². The Balaban J connectivity index is 0.000000422. The van der Waals surface area contributed by atoms with Gasteiger partial charge in [-0.3, -0.25) is 0 Å². The van der Waals surface area contributed by atoms with Gasteiger partial charge in [0.25, 0.3) is 5.09 Å². The molecule has 0 aliphatic heterocycles. The molecule has 0 atom stereocenters. The molecule has 0 saturated heterocycles. The second-order valence-electron chi connectivity index (χ2n) is 3.90. The Bertz CT molecular complexity index is 538. The molecular weight excluding hydrogens is 352 g/mol. The second-order valence-corrected chi connectivity index (χ2v) is 4.79. The molecule has 0 aromatic heterocycles. The number of rotatable bonds is 7. The van der Waals surface area contributed by atoms with Crippen LogP contribution in [0.15, 0.2) is 23.1 Å². The van der Waals surface area contributed by atoms with Crippen LogP contribution >= 0.6 is 24.2 Å². The van der Waals surface area contributed by atoms with Crippen LogP contribution in [-0.4, -0.2) is 35.5 Å². The summed E-state index contributed by atoms with van der Waals surface area (Å²) in [5, 5.41) is 17.7. The largest absolute Gasteiger partial charge is 0.478 e. The van der Waals surface area contributed by atoms with Gasteiger partial charge in [0.1, 0.15) is 0 Å². The first-order chi connectivity index (χ1) is 10.7. The van der Waals surface area contributed by atoms with Crippen molar-refractivity contribution in [2.75, 3.05) is 13.2 Å². The molecule has 0 saturated carbocycles. The number of unbranched alkanes of at least 4 members (excludes halogenated alkanes) is 1. The maximum absolute atomic E-state index is 10.4. The van der Waals surface area contributed by atoms with Crippen LogP contribution in [0.3, 0.4) is 0 Å². The van der Waals surface area contributed by atoms with E-state index in [0.717, 1.165) is 0 Å². The highest BCUT2D eigenvalue weighted by Crippen LogP contribution is 2.20. The number of hydrogen-bond acceptors (Lipinski definition) is 7. The van der Waals surface area contributed by atoms with Gasteiger partial charge >= 0.3 is 12.1 Å². The molecule has 3 N–H and O–H groups in total. The summed E-state index contributed by atoms with van der Waals surface area (Å²) in [4.78, 5) is 34.5. The number of nitrogens with two attached hydrogens (primary N) is 1. The first-order valence-corrected chi connectivity index (χ1v) is 6.98. The molecule has 23 heavy (non-hydrogen) atoms. The summed E-state index contributed by atoms with van der Waals surface area (Å²) in [6.07, 6.45) is 0.107. The minimum atomic E-state index is -0.975. The molecule has 0 bridgehead atoms. The van der Waals surface area contributed by atoms with Gasteiger partial charge in [-0.25, -0.2) is 9.59 Å². The molecule has 128 valence electrons. The normalized spacial score (nSPS) is 9.30. The molecular formula is C12H15ClN2O7S. The Kier molecular flexibility index (Phi) is 10.3. The Morgan fingerprint density at radius 3 is 2.43 bits per heavy atom. The van der Waals surface area contributed by atoms with Crippen molar-refractivity contribution in [2.24, 2.45) is 5.73 Å². The third-order valence-electron chi connectivity index (χ3n) is 2.17. The van der Waals surface area contributed by atoms with Gasteiger partial charge in [0.15, 0.2) is 0 Å². The topological polar surface area (TPSA) is 142 Å². The second kappa shape index (κ2) is 11.4. The van der Waals surface area contributed by atoms with E-state index in [2.05, 4.69) is 27.9 Å². The van der Waals surface area contributed by atoms with Gasteiger partial charge in [-0.15, -0.1) is 22.7 Å². The lowest BCUT2D eigenvalue weighted by molar-refractivity contribution is -0.757. The molecule has 0 aliphatic rings. The van der Waals surface area contributed by atoms with Crippen molar-refractivity contribution in [3.8, 4) is 0 Å². The Morgan fingerprint density at radius 2 is 1.96 bits per heavy atom. The number of primary amides is 1. The van der Waals surface area contributed by atoms with Gasteiger partial charge < -0.3 is 20.4 Å². The van der Waals surface area contributed by atoms with Gasteiger partial charge in [0.2, 0.25) is 0 Å². The third kappa shape index (κ3) is 11.1. The minimum absolute atomic E-state index is 0.00905. The van der Waals surface area contributed by atoms with E-state index in [-0.39, 0.29) is 18.8 Å². The molecule has 0 spiro atoms. The summed E-state index contributed by atoms with van der Waals surface area (Å²) < 4.78 is 4.36. The fourth-order valence-corrected chi connectivity index (χ4v) is 1.49. The SMILES string of the molecule is NC(=O)OCCCCO[N+](=O)[O-].O=C(O)c1ccc(Cl)c(S)c1. The molecule has 0 fully saturated rings. The van der Waals surface area contributed by atoms with E-state index in [1.807, 2.05) is 0 Å². The van der Waals surface area contributed by atoms with Crippen LogP contribution in [0.5, 0.6) is 0 Å². The number of halogens is 1. The number of carbonyl (C=O) groups is 2. The lowest BCUT2D eigenvalue weighted by Crippen LogP contribution is -2.14. The standard InChI is InChI=1S/C7H5ClO2S.C5H10N2O5/c8-5-2-1-4(7(9)10)3-6(5)11;6-5(8)11-3-1-2-4-12-7(9)10/h1-3,11H,(H,9,10);1-4H2,(H2,6,8). The number of amides is 1. The zero-order valence-corrected chi connectivity index (χ0v) is 13.5. The number of benzene rings is 1. The van der Waals surface area contributed by atoms with E-state index < -0.39 is 17.1 Å². The predicted octanol–water partition coefficient (Wildman–Crippen LogP) is 2.40. The Hall–Kier alpha value is -2.20. The molecule has 9 nitrogen and oxygen atoms in total. The van der Waals surface area contributed by atoms with Gasteiger partial charge in [0.05, 0.1) is 23.8 Å². The highest BCUT2D eigenvalue weighted by molar-refractivity contribution is 7.80. The van der Waals surface area contributed by atoms with Crippen LogP contribution < -0.4 is 5.73 Å². The predicted molar refractivity (Wildman–Crippen MR) is 83.4 cm³/mol. The van der Waals surface area contributed by atoms with E-state index in [4.69, 9.17) is 16.7 Å². The van der Waals surface area contributed by atoms with Crippen molar-refractivity contribution in [3.63, 3.8) is 0 Å². The number of nitrogens with zero attached hydrogens (tertiary/aromatic N) is 1. The summed E-state index contributed by atoms with van der Waals surface area (Å²) in [6, 6.07) is 4.35. The van der Waals surface area contributed by atoms with Crippen LogP contribution in [0.1, 0.15) is 23.2 Å². The number of carbonyl (C=O) groups excluding carboxylic acids is 1. The zero-order chi connectivity index (χ0) is 17.8. The number of carboxylic acids is 1. The molecule has 1 aromatic rings. The van der Waals surface area contributed by atoms with E-state index in [1.54, 1.807) is 0 Å². The molecule has 0 heterocycles. The maximum atomic E-state index is 10.4. The fourth-order valence-electron chi connectivity index (χ4n) is 1.16. The van der Waals surface area contributed by atoms with E-state index in [9.17, 15) is 19.7 Å². The lowest BCUT2D eigenvalue weighted by Gasteiger charge is -1.99. The van der Waals surface area contributed by atoms with Gasteiger partial charge in [-0.1, -0.05) is 11.6 Å². The highest BCUT2D eigenvalue weighted by Gasteiger charge is 2.03. The van der Waals surface area contributed by atoms with Crippen molar-refractivity contribution < 1.29 is 29.4 Å². The van der Waals surface area contributed by atoms with Crippen molar-refractivity contribution in [2.45, 2.75) is 17.7 Å². The number of hydrogen-bond donors (Lipinski definition) is 3. The zero-order valence-electron chi connectivity index (χ0n) is 11.8. The van der Waals surface area contributed by atoms with Crippen molar-refractivity contribution >= 4 is 36.3 Å².